The number of amidine groups is 1. The van der Waals surface area contributed by atoms with Gasteiger partial charge in [-0.2, -0.15) is 5.10 Å². The van der Waals surface area contributed by atoms with Crippen molar-refractivity contribution in [2.45, 2.75) is 0 Å². The van der Waals surface area contributed by atoms with Crippen LogP contribution in [0, 0.1) is 0 Å². The SMILES string of the molecule is Brc1ccc(N=N/C(=N/Nc2ccccc2)c2ccc(Br)cc2)cc1. The first kappa shape index (κ1) is 17.5. The standard InChI is InChI=1S/C19H14Br2N4/c20-15-8-6-14(7-9-15)19(24-22-17-4-2-1-3-5-17)25-23-18-12-10-16(21)11-13-18/h1-13,22H/b24-19+,25-23?. The summed E-state index contributed by atoms with van der Waals surface area (Å²) in [5, 5.41) is 13.0. The second kappa shape index (κ2) is 8.69. The fraction of sp³-hybridized carbons (Fsp3) is 0. The van der Waals surface area contributed by atoms with Crippen LogP contribution < -0.4 is 5.43 Å². The maximum absolute atomic E-state index is 4.41. The Hall–Kier alpha value is -2.31. The molecular weight excluding hydrogens is 444 g/mol. The van der Waals surface area contributed by atoms with Crippen LogP contribution in [0.15, 0.2) is 103 Å². The monoisotopic (exact) mass is 456 g/mol. The fourth-order valence-corrected chi connectivity index (χ4v) is 2.52. The van der Waals surface area contributed by atoms with Crippen molar-refractivity contribution in [3.63, 3.8) is 0 Å². The van der Waals surface area contributed by atoms with E-state index in [1.54, 1.807) is 0 Å². The fourth-order valence-electron chi connectivity index (χ4n) is 1.99. The summed E-state index contributed by atoms with van der Waals surface area (Å²) in [7, 11) is 0. The Morgan fingerprint density at radius 2 is 1.32 bits per heavy atom. The van der Waals surface area contributed by atoms with Gasteiger partial charge in [-0.25, -0.2) is 0 Å². The molecule has 4 nitrogen and oxygen atoms in total. The quantitative estimate of drug-likeness (QED) is 0.200. The Labute approximate surface area is 163 Å². The van der Waals surface area contributed by atoms with Crippen molar-refractivity contribution in [1.82, 2.24) is 0 Å². The lowest BCUT2D eigenvalue weighted by molar-refractivity contribution is 1.22. The molecule has 0 heterocycles. The van der Waals surface area contributed by atoms with Crippen molar-refractivity contribution in [2.75, 3.05) is 5.43 Å². The minimum absolute atomic E-state index is 0.499. The zero-order valence-corrected chi connectivity index (χ0v) is 16.3. The molecule has 1 N–H and O–H groups in total. The summed E-state index contributed by atoms with van der Waals surface area (Å²) in [6.07, 6.45) is 0. The van der Waals surface area contributed by atoms with E-state index < -0.39 is 0 Å². The molecule has 3 rings (SSSR count). The Bertz CT molecular complexity index is 874. The van der Waals surface area contributed by atoms with E-state index in [9.17, 15) is 0 Å². The van der Waals surface area contributed by atoms with Crippen LogP contribution in [0.2, 0.25) is 0 Å². The van der Waals surface area contributed by atoms with Crippen LogP contribution in [-0.4, -0.2) is 5.84 Å². The smallest absolute Gasteiger partial charge is 0.201 e. The zero-order valence-electron chi connectivity index (χ0n) is 13.1. The molecule has 3 aromatic carbocycles. The molecular formula is C19H14Br2N4. The van der Waals surface area contributed by atoms with Gasteiger partial charge in [0.05, 0.1) is 11.4 Å². The van der Waals surface area contributed by atoms with Crippen molar-refractivity contribution in [3.8, 4) is 0 Å². The minimum atomic E-state index is 0.499. The first-order valence-corrected chi connectivity index (χ1v) is 9.11. The van der Waals surface area contributed by atoms with Gasteiger partial charge in [0.1, 0.15) is 0 Å². The highest BCUT2D eigenvalue weighted by Gasteiger charge is 2.03. The van der Waals surface area contributed by atoms with Crippen LogP contribution in [-0.2, 0) is 0 Å². The maximum Gasteiger partial charge on any atom is 0.201 e. The van der Waals surface area contributed by atoms with E-state index in [2.05, 4.69) is 52.6 Å². The molecule has 0 aliphatic rings. The predicted octanol–water partition coefficient (Wildman–Crippen LogP) is 6.77. The average Bonchev–Trinajstić information content (AvgIpc) is 2.65. The number of para-hydroxylation sites is 1. The van der Waals surface area contributed by atoms with E-state index in [-0.39, 0.29) is 0 Å². The molecule has 0 atom stereocenters. The molecule has 0 spiro atoms. The number of hydrogen-bond donors (Lipinski definition) is 1. The molecule has 3 aromatic rings. The number of nitrogens with zero attached hydrogens (tertiary/aromatic N) is 3. The molecule has 0 fully saturated rings. The summed E-state index contributed by atoms with van der Waals surface area (Å²) in [6, 6.07) is 25.1. The van der Waals surface area contributed by atoms with Crippen molar-refractivity contribution in [3.05, 3.63) is 93.4 Å². The first-order chi connectivity index (χ1) is 12.2. The Morgan fingerprint density at radius 1 is 0.720 bits per heavy atom. The van der Waals surface area contributed by atoms with Crippen LogP contribution in [0.4, 0.5) is 11.4 Å². The second-order valence-electron chi connectivity index (χ2n) is 5.10. The normalized spacial score (nSPS) is 11.7. The molecule has 0 amide bonds. The zero-order chi connectivity index (χ0) is 17.5. The lowest BCUT2D eigenvalue weighted by Gasteiger charge is -2.03. The summed E-state index contributed by atoms with van der Waals surface area (Å²) < 4.78 is 2.00. The number of hydrazone groups is 1. The highest BCUT2D eigenvalue weighted by Crippen LogP contribution is 2.18. The number of rotatable bonds is 4. The van der Waals surface area contributed by atoms with E-state index in [0.717, 1.165) is 25.9 Å². The molecule has 6 heteroatoms. The molecule has 0 saturated carbocycles. The van der Waals surface area contributed by atoms with Gasteiger partial charge in [0.2, 0.25) is 5.84 Å². The van der Waals surface area contributed by atoms with Crippen LogP contribution >= 0.6 is 31.9 Å². The molecule has 0 unspecified atom stereocenters. The van der Waals surface area contributed by atoms with Crippen molar-refractivity contribution < 1.29 is 0 Å². The molecule has 0 bridgehead atoms. The number of halogens is 2. The molecule has 25 heavy (non-hydrogen) atoms. The van der Waals surface area contributed by atoms with Gasteiger partial charge < -0.3 is 0 Å². The van der Waals surface area contributed by atoms with Gasteiger partial charge in [0.25, 0.3) is 0 Å². The van der Waals surface area contributed by atoms with Crippen LogP contribution in [0.25, 0.3) is 0 Å². The number of benzene rings is 3. The van der Waals surface area contributed by atoms with Gasteiger partial charge in [0, 0.05) is 14.5 Å². The summed E-state index contributed by atoms with van der Waals surface area (Å²) in [4.78, 5) is 0. The van der Waals surface area contributed by atoms with Crippen molar-refractivity contribution >= 4 is 49.1 Å². The third-order valence-electron chi connectivity index (χ3n) is 3.25. The topological polar surface area (TPSA) is 49.1 Å². The van der Waals surface area contributed by atoms with E-state index in [1.807, 2.05) is 78.9 Å². The molecule has 0 radical (unpaired) electrons. The van der Waals surface area contributed by atoms with Gasteiger partial charge >= 0.3 is 0 Å². The molecule has 124 valence electrons. The predicted molar refractivity (Wildman–Crippen MR) is 109 cm³/mol. The highest BCUT2D eigenvalue weighted by molar-refractivity contribution is 9.10. The van der Waals surface area contributed by atoms with Crippen molar-refractivity contribution in [1.29, 1.82) is 0 Å². The Kier molecular flexibility index (Phi) is 6.09. The van der Waals surface area contributed by atoms with Gasteiger partial charge in [-0.1, -0.05) is 50.1 Å². The number of hydrogen-bond acceptors (Lipinski definition) is 3. The highest BCUT2D eigenvalue weighted by atomic mass is 79.9. The molecule has 0 aromatic heterocycles. The average molecular weight is 458 g/mol. The lowest BCUT2D eigenvalue weighted by atomic mass is 10.2. The van der Waals surface area contributed by atoms with Crippen LogP contribution in [0.1, 0.15) is 5.56 Å². The third kappa shape index (κ3) is 5.34. The maximum atomic E-state index is 4.41. The van der Waals surface area contributed by atoms with Crippen molar-refractivity contribution in [2.24, 2.45) is 15.3 Å². The number of azo groups is 1. The lowest BCUT2D eigenvalue weighted by Crippen LogP contribution is -2.01. The van der Waals surface area contributed by atoms with E-state index in [4.69, 9.17) is 0 Å². The van der Waals surface area contributed by atoms with Gasteiger partial charge in [-0.3, -0.25) is 5.43 Å². The number of nitrogens with one attached hydrogen (secondary N) is 1. The Balaban J connectivity index is 1.88. The number of anilines is 1. The van der Waals surface area contributed by atoms with E-state index in [0.29, 0.717) is 5.84 Å². The second-order valence-corrected chi connectivity index (χ2v) is 6.93. The van der Waals surface area contributed by atoms with Gasteiger partial charge in [0.15, 0.2) is 0 Å². The largest absolute Gasteiger partial charge is 0.276 e. The molecule has 0 aliphatic heterocycles. The summed E-state index contributed by atoms with van der Waals surface area (Å²) in [5.74, 6) is 0.499. The summed E-state index contributed by atoms with van der Waals surface area (Å²) in [5.41, 5.74) is 5.53. The summed E-state index contributed by atoms with van der Waals surface area (Å²) >= 11 is 6.85. The molecule has 0 aliphatic carbocycles. The van der Waals surface area contributed by atoms with E-state index >= 15 is 0 Å². The van der Waals surface area contributed by atoms with Crippen LogP contribution in [0.3, 0.4) is 0 Å². The minimum Gasteiger partial charge on any atom is -0.276 e. The van der Waals surface area contributed by atoms with E-state index in [1.165, 1.54) is 0 Å². The first-order valence-electron chi connectivity index (χ1n) is 7.53. The molecule has 0 saturated heterocycles. The van der Waals surface area contributed by atoms with Gasteiger partial charge in [-0.15, -0.1) is 10.2 Å². The van der Waals surface area contributed by atoms with Gasteiger partial charge in [-0.05, 0) is 60.7 Å². The summed E-state index contributed by atoms with van der Waals surface area (Å²) in [6.45, 7) is 0. The van der Waals surface area contributed by atoms with Crippen LogP contribution in [0.5, 0.6) is 0 Å². The third-order valence-corrected chi connectivity index (χ3v) is 4.31. The Morgan fingerprint density at radius 3 is 1.96 bits per heavy atom.